The Morgan fingerprint density at radius 3 is 2.44 bits per heavy atom. The number of rotatable bonds is 8. The van der Waals surface area contributed by atoms with Crippen molar-refractivity contribution in [1.82, 2.24) is 20.9 Å². The molecule has 142 valence electrons. The number of carbonyl (C=O) groups excluding carboxylic acids is 1. The molecule has 0 unspecified atom stereocenters. The second-order valence-electron chi connectivity index (χ2n) is 6.10. The van der Waals surface area contributed by atoms with Crippen molar-refractivity contribution in [3.63, 3.8) is 0 Å². The van der Waals surface area contributed by atoms with E-state index in [0.717, 1.165) is 25.1 Å². The molecule has 0 saturated heterocycles. The molecule has 25 heavy (non-hydrogen) atoms. The number of amides is 1. The van der Waals surface area contributed by atoms with Crippen molar-refractivity contribution in [3.8, 4) is 0 Å². The molecule has 1 heterocycles. The molecular weight excluding hydrogens is 453 g/mol. The second kappa shape index (κ2) is 12.3. The fourth-order valence-electron chi connectivity index (χ4n) is 1.97. The van der Waals surface area contributed by atoms with E-state index in [1.54, 1.807) is 12.3 Å². The van der Waals surface area contributed by atoms with Crippen LogP contribution in [0.15, 0.2) is 23.3 Å². The van der Waals surface area contributed by atoms with E-state index in [1.807, 2.05) is 33.8 Å². The number of hydrogen-bond donors (Lipinski definition) is 3. The van der Waals surface area contributed by atoms with Crippen LogP contribution < -0.4 is 16.0 Å². The first-order valence-corrected chi connectivity index (χ1v) is 8.67. The van der Waals surface area contributed by atoms with Crippen LogP contribution in [0.25, 0.3) is 0 Å². The van der Waals surface area contributed by atoms with Crippen LogP contribution in [-0.4, -0.2) is 43.0 Å². The molecular formula is C17H29ClIN5O. The van der Waals surface area contributed by atoms with Gasteiger partial charge in [-0.3, -0.25) is 9.79 Å². The summed E-state index contributed by atoms with van der Waals surface area (Å²) in [5, 5.41) is 9.80. The third-order valence-corrected chi connectivity index (χ3v) is 3.65. The van der Waals surface area contributed by atoms with Crippen LogP contribution >= 0.6 is 35.6 Å². The third kappa shape index (κ3) is 9.25. The van der Waals surface area contributed by atoms with E-state index in [1.165, 1.54) is 0 Å². The summed E-state index contributed by atoms with van der Waals surface area (Å²) >= 11 is 5.78. The second-order valence-corrected chi connectivity index (χ2v) is 6.49. The van der Waals surface area contributed by atoms with Gasteiger partial charge in [0, 0.05) is 25.8 Å². The van der Waals surface area contributed by atoms with Gasteiger partial charge >= 0.3 is 0 Å². The molecule has 1 aromatic rings. The summed E-state index contributed by atoms with van der Waals surface area (Å²) in [7, 11) is 0. The van der Waals surface area contributed by atoms with Crippen LogP contribution in [-0.2, 0) is 11.2 Å². The third-order valence-electron chi connectivity index (χ3n) is 3.42. The van der Waals surface area contributed by atoms with Gasteiger partial charge in [0.1, 0.15) is 5.15 Å². The summed E-state index contributed by atoms with van der Waals surface area (Å²) in [5.74, 6) is 0.716. The number of nitrogens with zero attached hydrogens (tertiary/aromatic N) is 2. The van der Waals surface area contributed by atoms with E-state index in [2.05, 4.69) is 25.9 Å². The number of nitrogens with one attached hydrogen (secondary N) is 3. The number of pyridine rings is 1. The first-order chi connectivity index (χ1) is 11.4. The molecule has 0 aromatic carbocycles. The lowest BCUT2D eigenvalue weighted by molar-refractivity contribution is -0.128. The maximum Gasteiger partial charge on any atom is 0.227 e. The number of hydrogen-bond acceptors (Lipinski definition) is 3. The lowest BCUT2D eigenvalue weighted by Gasteiger charge is -2.22. The van der Waals surface area contributed by atoms with E-state index in [0.29, 0.717) is 24.2 Å². The number of aliphatic imine (C=N–C) groups is 1. The zero-order chi connectivity index (χ0) is 18.0. The topological polar surface area (TPSA) is 78.4 Å². The molecule has 0 aliphatic carbocycles. The number of guanidine groups is 1. The summed E-state index contributed by atoms with van der Waals surface area (Å²) in [4.78, 5) is 20.6. The molecule has 1 rings (SSSR count). The van der Waals surface area contributed by atoms with E-state index in [9.17, 15) is 4.79 Å². The highest BCUT2D eigenvalue weighted by molar-refractivity contribution is 14.0. The maximum atomic E-state index is 12.0. The first kappa shape index (κ1) is 23.9. The zero-order valence-corrected chi connectivity index (χ0v) is 18.4. The molecule has 0 radical (unpaired) electrons. The van der Waals surface area contributed by atoms with E-state index in [4.69, 9.17) is 11.6 Å². The van der Waals surface area contributed by atoms with Crippen LogP contribution in [0.1, 0.15) is 33.3 Å². The SMILES string of the molecule is CCNC(=O)C(C)(C)CN=C(NCC)NCCc1ccc(Cl)nc1.I. The van der Waals surface area contributed by atoms with E-state index in [-0.39, 0.29) is 29.9 Å². The molecule has 1 amide bonds. The van der Waals surface area contributed by atoms with Gasteiger partial charge in [-0.25, -0.2) is 4.98 Å². The Hall–Kier alpha value is -1.09. The van der Waals surface area contributed by atoms with Crippen molar-refractivity contribution in [2.75, 3.05) is 26.2 Å². The molecule has 0 fully saturated rings. The average molecular weight is 482 g/mol. The highest BCUT2D eigenvalue weighted by Crippen LogP contribution is 2.15. The van der Waals surface area contributed by atoms with Crippen molar-refractivity contribution in [3.05, 3.63) is 29.0 Å². The standard InChI is InChI=1S/C17H28ClN5O.HI/c1-5-19-15(24)17(3,4)12-23-16(20-6-2)21-10-9-13-7-8-14(18)22-11-13;/h7-8,11H,5-6,9-10,12H2,1-4H3,(H,19,24)(H2,20,21,23);1H. The van der Waals surface area contributed by atoms with Gasteiger partial charge in [-0.1, -0.05) is 17.7 Å². The van der Waals surface area contributed by atoms with Crippen molar-refractivity contribution in [2.45, 2.75) is 34.1 Å². The van der Waals surface area contributed by atoms with Crippen molar-refractivity contribution >= 4 is 47.4 Å². The van der Waals surface area contributed by atoms with Gasteiger partial charge in [-0.2, -0.15) is 0 Å². The first-order valence-electron chi connectivity index (χ1n) is 8.30. The minimum Gasteiger partial charge on any atom is -0.357 e. The van der Waals surface area contributed by atoms with Crippen molar-refractivity contribution in [1.29, 1.82) is 0 Å². The Bertz CT molecular complexity index is 548. The highest BCUT2D eigenvalue weighted by atomic mass is 127. The predicted octanol–water partition coefficient (Wildman–Crippen LogP) is 2.61. The Balaban J connectivity index is 0.00000576. The molecule has 0 bridgehead atoms. The molecule has 6 nitrogen and oxygen atoms in total. The summed E-state index contributed by atoms with van der Waals surface area (Å²) in [6, 6.07) is 3.74. The zero-order valence-electron chi connectivity index (χ0n) is 15.4. The Kier molecular flexibility index (Phi) is 11.8. The molecule has 0 saturated carbocycles. The van der Waals surface area contributed by atoms with Gasteiger partial charge in [0.15, 0.2) is 5.96 Å². The van der Waals surface area contributed by atoms with E-state index >= 15 is 0 Å². The maximum absolute atomic E-state index is 12.0. The van der Waals surface area contributed by atoms with Gasteiger partial charge < -0.3 is 16.0 Å². The van der Waals surface area contributed by atoms with Crippen molar-refractivity contribution < 1.29 is 4.79 Å². The summed E-state index contributed by atoms with van der Waals surface area (Å²) < 4.78 is 0. The number of carbonyl (C=O) groups is 1. The monoisotopic (exact) mass is 481 g/mol. The molecule has 1 aromatic heterocycles. The number of halogens is 2. The number of aromatic nitrogens is 1. The van der Waals surface area contributed by atoms with Crippen LogP contribution in [0, 0.1) is 5.41 Å². The van der Waals surface area contributed by atoms with Crippen molar-refractivity contribution in [2.24, 2.45) is 10.4 Å². The summed E-state index contributed by atoms with van der Waals surface area (Å²) in [6.45, 7) is 10.2. The fraction of sp³-hybridized carbons (Fsp3) is 0.588. The van der Waals surface area contributed by atoms with Crippen LogP contribution in [0.4, 0.5) is 0 Å². The Morgan fingerprint density at radius 1 is 1.20 bits per heavy atom. The largest absolute Gasteiger partial charge is 0.357 e. The van der Waals surface area contributed by atoms with E-state index < -0.39 is 5.41 Å². The molecule has 8 heteroatoms. The molecule has 0 spiro atoms. The minimum absolute atomic E-state index is 0. The summed E-state index contributed by atoms with van der Waals surface area (Å²) in [6.07, 6.45) is 2.58. The molecule has 3 N–H and O–H groups in total. The normalized spacial score (nSPS) is 11.5. The Labute approximate surface area is 172 Å². The highest BCUT2D eigenvalue weighted by Gasteiger charge is 2.26. The smallest absolute Gasteiger partial charge is 0.227 e. The lowest BCUT2D eigenvalue weighted by atomic mass is 9.92. The molecule has 0 aliphatic heterocycles. The Morgan fingerprint density at radius 2 is 1.88 bits per heavy atom. The van der Waals surface area contributed by atoms with Gasteiger partial charge in [-0.05, 0) is 45.7 Å². The van der Waals surface area contributed by atoms with Gasteiger partial charge in [-0.15, -0.1) is 24.0 Å². The van der Waals surface area contributed by atoms with Crippen LogP contribution in [0.3, 0.4) is 0 Å². The van der Waals surface area contributed by atoms with Gasteiger partial charge in [0.25, 0.3) is 0 Å². The minimum atomic E-state index is -0.543. The predicted molar refractivity (Wildman–Crippen MR) is 115 cm³/mol. The summed E-state index contributed by atoms with van der Waals surface area (Å²) in [5.41, 5.74) is 0.559. The van der Waals surface area contributed by atoms with Crippen LogP contribution in [0.2, 0.25) is 5.15 Å². The fourth-order valence-corrected chi connectivity index (χ4v) is 2.08. The van der Waals surface area contributed by atoms with Crippen LogP contribution in [0.5, 0.6) is 0 Å². The lowest BCUT2D eigenvalue weighted by Crippen LogP contribution is -2.42. The molecule has 0 aliphatic rings. The van der Waals surface area contributed by atoms with Gasteiger partial charge in [0.05, 0.1) is 12.0 Å². The van der Waals surface area contributed by atoms with Gasteiger partial charge in [0.2, 0.25) is 5.91 Å². The quantitative estimate of drug-likeness (QED) is 0.231. The average Bonchev–Trinajstić information content (AvgIpc) is 2.54. The molecule has 0 atom stereocenters.